The van der Waals surface area contributed by atoms with Crippen LogP contribution in [0.5, 0.6) is 0 Å². The Kier molecular flexibility index (Phi) is 6.46. The van der Waals surface area contributed by atoms with Crippen molar-refractivity contribution in [3.8, 4) is 0 Å². The van der Waals surface area contributed by atoms with E-state index >= 15 is 0 Å². The molecule has 1 aromatic rings. The van der Waals surface area contributed by atoms with Gasteiger partial charge in [0.15, 0.2) is 6.10 Å². The van der Waals surface area contributed by atoms with Gasteiger partial charge in [0.1, 0.15) is 6.04 Å². The normalized spacial score (nSPS) is 13.2. The van der Waals surface area contributed by atoms with E-state index in [9.17, 15) is 9.59 Å². The number of aliphatic carboxylic acids is 1. The first-order chi connectivity index (χ1) is 9.60. The minimum absolute atomic E-state index is 0.301. The van der Waals surface area contributed by atoms with E-state index in [1.165, 1.54) is 7.11 Å². The average Bonchev–Trinajstić information content (AvgIpc) is 2.45. The van der Waals surface area contributed by atoms with Gasteiger partial charge in [0.05, 0.1) is 0 Å². The van der Waals surface area contributed by atoms with Gasteiger partial charge in [-0.25, -0.2) is 4.79 Å². The standard InChI is InChI=1S/C15H19NO4/c1-3-4-10-12(15(18)19)16-14(17)13(20-2)11-8-6-5-7-9-11/h3,5-9,12-13H,1,4,10H2,2H3,(H,16,17)(H,18,19). The largest absolute Gasteiger partial charge is 0.480 e. The Balaban J connectivity index is 2.75. The molecule has 2 atom stereocenters. The SMILES string of the molecule is C=CCCC(NC(=O)C(OC)c1ccccc1)C(=O)O. The van der Waals surface area contributed by atoms with Crippen molar-refractivity contribution in [2.45, 2.75) is 25.0 Å². The molecule has 0 heterocycles. The predicted octanol–water partition coefficient (Wildman–Crippen LogP) is 1.91. The van der Waals surface area contributed by atoms with Gasteiger partial charge in [-0.2, -0.15) is 0 Å². The van der Waals surface area contributed by atoms with Gasteiger partial charge in [0.25, 0.3) is 5.91 Å². The maximum atomic E-state index is 12.1. The van der Waals surface area contributed by atoms with Crippen molar-refractivity contribution >= 4 is 11.9 Å². The van der Waals surface area contributed by atoms with E-state index in [0.29, 0.717) is 18.4 Å². The third kappa shape index (κ3) is 4.51. The molecule has 0 saturated heterocycles. The van der Waals surface area contributed by atoms with Gasteiger partial charge >= 0.3 is 5.97 Å². The van der Waals surface area contributed by atoms with Gasteiger partial charge in [-0.15, -0.1) is 6.58 Å². The van der Waals surface area contributed by atoms with Crippen molar-refractivity contribution in [2.24, 2.45) is 0 Å². The van der Waals surface area contributed by atoms with Crippen LogP contribution in [0.1, 0.15) is 24.5 Å². The molecule has 0 aliphatic rings. The van der Waals surface area contributed by atoms with E-state index in [2.05, 4.69) is 11.9 Å². The minimum atomic E-state index is -1.07. The van der Waals surface area contributed by atoms with Crippen molar-refractivity contribution in [3.63, 3.8) is 0 Å². The molecule has 2 N–H and O–H groups in total. The molecular weight excluding hydrogens is 258 g/mol. The van der Waals surface area contributed by atoms with Crippen LogP contribution < -0.4 is 5.32 Å². The predicted molar refractivity (Wildman–Crippen MR) is 75.2 cm³/mol. The number of hydrogen-bond donors (Lipinski definition) is 2. The molecule has 0 aliphatic heterocycles. The van der Waals surface area contributed by atoms with E-state index in [-0.39, 0.29) is 0 Å². The smallest absolute Gasteiger partial charge is 0.326 e. The fourth-order valence-electron chi connectivity index (χ4n) is 1.81. The zero-order valence-electron chi connectivity index (χ0n) is 11.4. The van der Waals surface area contributed by atoms with E-state index in [1.807, 2.05) is 6.07 Å². The van der Waals surface area contributed by atoms with Crippen LogP contribution in [0.3, 0.4) is 0 Å². The number of carbonyl (C=O) groups is 2. The molecule has 1 amide bonds. The molecule has 0 saturated carbocycles. The Bertz CT molecular complexity index is 458. The molecule has 108 valence electrons. The van der Waals surface area contributed by atoms with Gasteiger partial charge < -0.3 is 15.2 Å². The molecule has 1 rings (SSSR count). The zero-order chi connectivity index (χ0) is 15.0. The topological polar surface area (TPSA) is 75.6 Å². The summed E-state index contributed by atoms with van der Waals surface area (Å²) in [6, 6.07) is 7.99. The van der Waals surface area contributed by atoms with Gasteiger partial charge in [-0.05, 0) is 18.4 Å². The number of carboxylic acids is 1. The first-order valence-electron chi connectivity index (χ1n) is 6.32. The highest BCUT2D eigenvalue weighted by Crippen LogP contribution is 2.16. The van der Waals surface area contributed by atoms with E-state index in [1.54, 1.807) is 30.3 Å². The first kappa shape index (κ1) is 15.9. The zero-order valence-corrected chi connectivity index (χ0v) is 11.4. The lowest BCUT2D eigenvalue weighted by molar-refractivity contribution is -0.144. The van der Waals surface area contributed by atoms with Crippen LogP contribution >= 0.6 is 0 Å². The summed E-state index contributed by atoms with van der Waals surface area (Å²) in [5, 5.41) is 11.6. The molecule has 1 aromatic carbocycles. The fourth-order valence-corrected chi connectivity index (χ4v) is 1.81. The van der Waals surface area contributed by atoms with Gasteiger partial charge in [0, 0.05) is 7.11 Å². The van der Waals surface area contributed by atoms with Gasteiger partial charge in [0.2, 0.25) is 0 Å². The second-order valence-corrected chi connectivity index (χ2v) is 4.29. The lowest BCUT2D eigenvalue weighted by atomic mass is 10.1. The lowest BCUT2D eigenvalue weighted by Crippen LogP contribution is -2.43. The van der Waals surface area contributed by atoms with Crippen LogP contribution in [-0.2, 0) is 14.3 Å². The van der Waals surface area contributed by atoms with Crippen LogP contribution in [-0.4, -0.2) is 30.1 Å². The number of nitrogens with one attached hydrogen (secondary N) is 1. The van der Waals surface area contributed by atoms with E-state index in [4.69, 9.17) is 9.84 Å². The maximum Gasteiger partial charge on any atom is 0.326 e. The highest BCUT2D eigenvalue weighted by atomic mass is 16.5. The summed E-state index contributed by atoms with van der Waals surface area (Å²) >= 11 is 0. The summed E-state index contributed by atoms with van der Waals surface area (Å²) in [7, 11) is 1.41. The Morgan fingerprint density at radius 1 is 1.40 bits per heavy atom. The molecule has 5 heteroatoms. The molecule has 5 nitrogen and oxygen atoms in total. The summed E-state index contributed by atoms with van der Waals surface area (Å²) in [6.07, 6.45) is 1.62. The van der Waals surface area contributed by atoms with E-state index in [0.717, 1.165) is 0 Å². The first-order valence-corrected chi connectivity index (χ1v) is 6.32. The molecule has 0 fully saturated rings. The number of amides is 1. The number of allylic oxidation sites excluding steroid dienone is 1. The molecule has 0 radical (unpaired) electrons. The minimum Gasteiger partial charge on any atom is -0.480 e. The second-order valence-electron chi connectivity index (χ2n) is 4.29. The molecular formula is C15H19NO4. The highest BCUT2D eigenvalue weighted by molar-refractivity contribution is 5.87. The summed E-state index contributed by atoms with van der Waals surface area (Å²) < 4.78 is 5.16. The third-order valence-electron chi connectivity index (χ3n) is 2.85. The summed E-state index contributed by atoms with van der Waals surface area (Å²) in [4.78, 5) is 23.2. The van der Waals surface area contributed by atoms with Crippen LogP contribution in [0.4, 0.5) is 0 Å². The van der Waals surface area contributed by atoms with Gasteiger partial charge in [-0.3, -0.25) is 4.79 Å². The molecule has 20 heavy (non-hydrogen) atoms. The van der Waals surface area contributed by atoms with Crippen molar-refractivity contribution in [3.05, 3.63) is 48.6 Å². The second kappa shape index (κ2) is 8.12. The molecule has 0 aromatic heterocycles. The molecule has 0 bridgehead atoms. The summed E-state index contributed by atoms with van der Waals surface area (Å²) in [5.74, 6) is -1.53. The average molecular weight is 277 g/mol. The van der Waals surface area contributed by atoms with E-state index < -0.39 is 24.0 Å². The van der Waals surface area contributed by atoms with Crippen LogP contribution in [0.2, 0.25) is 0 Å². The summed E-state index contributed by atoms with van der Waals surface area (Å²) in [5.41, 5.74) is 0.681. The number of ether oxygens (including phenoxy) is 1. The quantitative estimate of drug-likeness (QED) is 0.712. The number of carbonyl (C=O) groups excluding carboxylic acids is 1. The Morgan fingerprint density at radius 3 is 2.55 bits per heavy atom. The number of hydrogen-bond acceptors (Lipinski definition) is 3. The third-order valence-corrected chi connectivity index (χ3v) is 2.85. The van der Waals surface area contributed by atoms with Crippen LogP contribution in [0, 0.1) is 0 Å². The Morgan fingerprint density at radius 2 is 2.05 bits per heavy atom. The molecule has 2 unspecified atom stereocenters. The summed E-state index contributed by atoms with van der Waals surface area (Å²) in [6.45, 7) is 3.54. The van der Waals surface area contributed by atoms with Gasteiger partial charge in [-0.1, -0.05) is 36.4 Å². The van der Waals surface area contributed by atoms with Crippen LogP contribution in [0.25, 0.3) is 0 Å². The number of carboxylic acid groups (broad SMARTS) is 1. The van der Waals surface area contributed by atoms with Crippen molar-refractivity contribution in [1.82, 2.24) is 5.32 Å². The van der Waals surface area contributed by atoms with Crippen molar-refractivity contribution in [2.75, 3.05) is 7.11 Å². The Labute approximate surface area is 118 Å². The monoisotopic (exact) mass is 277 g/mol. The number of rotatable bonds is 8. The Hall–Kier alpha value is -2.14. The fraction of sp³-hybridized carbons (Fsp3) is 0.333. The van der Waals surface area contributed by atoms with Crippen LogP contribution in [0.15, 0.2) is 43.0 Å². The highest BCUT2D eigenvalue weighted by Gasteiger charge is 2.25. The maximum absolute atomic E-state index is 12.1. The number of methoxy groups -OCH3 is 1. The molecule has 0 spiro atoms. The number of benzene rings is 1. The lowest BCUT2D eigenvalue weighted by Gasteiger charge is -2.19. The van der Waals surface area contributed by atoms with Crippen molar-refractivity contribution in [1.29, 1.82) is 0 Å². The van der Waals surface area contributed by atoms with Crippen molar-refractivity contribution < 1.29 is 19.4 Å². The molecule has 0 aliphatic carbocycles.